The molecule has 1 aliphatic rings. The summed E-state index contributed by atoms with van der Waals surface area (Å²) in [6.07, 6.45) is 1.90. The van der Waals surface area contributed by atoms with E-state index in [1.165, 1.54) is 0 Å². The van der Waals surface area contributed by atoms with Gasteiger partial charge in [-0.05, 0) is 24.5 Å². The Morgan fingerprint density at radius 3 is 2.84 bits per heavy atom. The van der Waals surface area contributed by atoms with E-state index >= 15 is 0 Å². The Kier molecular flexibility index (Phi) is 5.80. The molecule has 1 saturated heterocycles. The van der Waals surface area contributed by atoms with Crippen LogP contribution in [0.1, 0.15) is 32.5 Å². The van der Waals surface area contributed by atoms with Crippen LogP contribution in [0.2, 0.25) is 0 Å². The Bertz CT molecular complexity index is 708. The van der Waals surface area contributed by atoms with Gasteiger partial charge in [-0.25, -0.2) is 0 Å². The molecular formula is C17H26N6O2. The molecule has 1 fully saturated rings. The normalized spacial score (nSPS) is 15.1. The number of rotatable bonds is 7. The van der Waals surface area contributed by atoms with Crippen molar-refractivity contribution in [2.75, 3.05) is 37.7 Å². The minimum Gasteiger partial charge on any atom is -0.378 e. The van der Waals surface area contributed by atoms with Gasteiger partial charge >= 0.3 is 0 Å². The van der Waals surface area contributed by atoms with Gasteiger partial charge < -0.3 is 15.0 Å². The second-order valence-corrected chi connectivity index (χ2v) is 6.71. The number of hydrogen-bond acceptors (Lipinski definition) is 6. The molecule has 0 aromatic carbocycles. The minimum absolute atomic E-state index is 0.0433. The summed E-state index contributed by atoms with van der Waals surface area (Å²) in [5.41, 5.74) is 0.701. The Hall–Kier alpha value is -2.22. The fourth-order valence-corrected chi connectivity index (χ4v) is 2.75. The van der Waals surface area contributed by atoms with Crippen molar-refractivity contribution in [1.82, 2.24) is 25.1 Å². The molecule has 3 rings (SSSR count). The van der Waals surface area contributed by atoms with Crippen molar-refractivity contribution >= 4 is 17.4 Å². The fourth-order valence-electron chi connectivity index (χ4n) is 2.75. The van der Waals surface area contributed by atoms with Crippen molar-refractivity contribution in [2.24, 2.45) is 5.92 Å². The molecule has 0 saturated carbocycles. The van der Waals surface area contributed by atoms with Crippen LogP contribution in [0.25, 0.3) is 5.65 Å². The van der Waals surface area contributed by atoms with E-state index in [-0.39, 0.29) is 5.91 Å². The second kappa shape index (κ2) is 8.24. The molecular weight excluding hydrogens is 320 g/mol. The van der Waals surface area contributed by atoms with E-state index in [2.05, 4.69) is 39.4 Å². The summed E-state index contributed by atoms with van der Waals surface area (Å²) < 4.78 is 7.13. The molecule has 3 heterocycles. The third-order valence-corrected chi connectivity index (χ3v) is 4.27. The third kappa shape index (κ3) is 4.66. The molecule has 8 nitrogen and oxygen atoms in total. The molecule has 25 heavy (non-hydrogen) atoms. The average Bonchev–Trinajstić information content (AvgIpc) is 3.02. The highest BCUT2D eigenvalue weighted by Crippen LogP contribution is 2.14. The number of ether oxygens (including phenoxy) is 1. The molecule has 2 aromatic heterocycles. The summed E-state index contributed by atoms with van der Waals surface area (Å²) >= 11 is 0. The van der Waals surface area contributed by atoms with Gasteiger partial charge in [0, 0.05) is 32.5 Å². The number of nitrogens with one attached hydrogen (secondary N) is 1. The quantitative estimate of drug-likeness (QED) is 0.807. The predicted octanol–water partition coefficient (Wildman–Crippen LogP) is 1.06. The van der Waals surface area contributed by atoms with Gasteiger partial charge in [-0.2, -0.15) is 4.52 Å². The third-order valence-electron chi connectivity index (χ3n) is 4.27. The van der Waals surface area contributed by atoms with Crippen LogP contribution in [-0.4, -0.2) is 58.6 Å². The average molecular weight is 346 g/mol. The van der Waals surface area contributed by atoms with Crippen molar-refractivity contribution in [3.05, 3.63) is 18.0 Å². The molecule has 1 aliphatic heterocycles. The number of nitrogens with zero attached hydrogens (tertiary/aromatic N) is 5. The van der Waals surface area contributed by atoms with Crippen LogP contribution in [0.4, 0.5) is 5.82 Å². The van der Waals surface area contributed by atoms with Crippen LogP contribution >= 0.6 is 0 Å². The summed E-state index contributed by atoms with van der Waals surface area (Å²) in [4.78, 5) is 14.1. The first-order chi connectivity index (χ1) is 12.1. The molecule has 1 amide bonds. The largest absolute Gasteiger partial charge is 0.378 e. The SMILES string of the molecule is CC(C)CCNC(=O)CCc1nnc2ccc(N3CCOCC3)nn12. The summed E-state index contributed by atoms with van der Waals surface area (Å²) in [6, 6.07) is 3.87. The summed E-state index contributed by atoms with van der Waals surface area (Å²) in [6.45, 7) is 8.09. The summed E-state index contributed by atoms with van der Waals surface area (Å²) in [5, 5.41) is 15.9. The molecule has 1 N–H and O–H groups in total. The highest BCUT2D eigenvalue weighted by Gasteiger charge is 2.15. The molecule has 0 atom stereocenters. The monoisotopic (exact) mass is 346 g/mol. The standard InChI is InChI=1S/C17H26N6O2/c1-13(2)7-8-18-17(24)6-5-15-20-19-14-3-4-16(21-23(14)15)22-9-11-25-12-10-22/h3-4,13H,5-12H2,1-2H3,(H,18,24). The molecule has 0 spiro atoms. The Morgan fingerprint density at radius 2 is 2.08 bits per heavy atom. The predicted molar refractivity (Wildman–Crippen MR) is 94.6 cm³/mol. The lowest BCUT2D eigenvalue weighted by molar-refractivity contribution is -0.121. The highest BCUT2D eigenvalue weighted by atomic mass is 16.5. The van der Waals surface area contributed by atoms with Crippen molar-refractivity contribution in [2.45, 2.75) is 33.1 Å². The van der Waals surface area contributed by atoms with E-state index in [4.69, 9.17) is 4.74 Å². The van der Waals surface area contributed by atoms with E-state index in [0.717, 1.165) is 31.9 Å². The maximum absolute atomic E-state index is 12.0. The van der Waals surface area contributed by atoms with E-state index in [1.807, 2.05) is 12.1 Å². The van der Waals surface area contributed by atoms with Crippen LogP contribution in [-0.2, 0) is 16.0 Å². The maximum atomic E-state index is 12.0. The topological polar surface area (TPSA) is 84.7 Å². The van der Waals surface area contributed by atoms with Gasteiger partial charge in [-0.15, -0.1) is 15.3 Å². The first kappa shape index (κ1) is 17.6. The number of carbonyl (C=O) groups is 1. The Labute approximate surface area is 147 Å². The van der Waals surface area contributed by atoms with Crippen molar-refractivity contribution in [3.8, 4) is 0 Å². The van der Waals surface area contributed by atoms with Crippen LogP contribution in [0.3, 0.4) is 0 Å². The lowest BCUT2D eigenvalue weighted by Gasteiger charge is -2.27. The molecule has 0 radical (unpaired) electrons. The zero-order valence-corrected chi connectivity index (χ0v) is 14.9. The molecule has 0 bridgehead atoms. The number of fused-ring (bicyclic) bond motifs is 1. The second-order valence-electron chi connectivity index (χ2n) is 6.71. The Morgan fingerprint density at radius 1 is 1.28 bits per heavy atom. The van der Waals surface area contributed by atoms with Gasteiger partial charge in [-0.1, -0.05) is 13.8 Å². The number of aromatic nitrogens is 4. The minimum atomic E-state index is 0.0433. The van der Waals surface area contributed by atoms with E-state index in [9.17, 15) is 4.79 Å². The van der Waals surface area contributed by atoms with Crippen LogP contribution in [0.5, 0.6) is 0 Å². The van der Waals surface area contributed by atoms with Gasteiger partial charge in [0.05, 0.1) is 13.2 Å². The van der Waals surface area contributed by atoms with Crippen LogP contribution in [0.15, 0.2) is 12.1 Å². The van der Waals surface area contributed by atoms with E-state index in [1.54, 1.807) is 4.52 Å². The van der Waals surface area contributed by atoms with Crippen molar-refractivity contribution < 1.29 is 9.53 Å². The summed E-state index contributed by atoms with van der Waals surface area (Å²) in [7, 11) is 0. The maximum Gasteiger partial charge on any atom is 0.220 e. The molecule has 0 unspecified atom stereocenters. The van der Waals surface area contributed by atoms with Gasteiger partial charge in [0.15, 0.2) is 11.5 Å². The molecule has 0 aliphatic carbocycles. The first-order valence-corrected chi connectivity index (χ1v) is 8.94. The van der Waals surface area contributed by atoms with Crippen molar-refractivity contribution in [1.29, 1.82) is 0 Å². The fraction of sp³-hybridized carbons (Fsp3) is 0.647. The number of aryl methyl sites for hydroxylation is 1. The Balaban J connectivity index is 1.62. The zero-order valence-electron chi connectivity index (χ0n) is 14.9. The zero-order chi connectivity index (χ0) is 17.6. The number of anilines is 1. The number of carbonyl (C=O) groups excluding carboxylic acids is 1. The molecule has 2 aromatic rings. The lowest BCUT2D eigenvalue weighted by Crippen LogP contribution is -2.37. The first-order valence-electron chi connectivity index (χ1n) is 8.94. The smallest absolute Gasteiger partial charge is 0.220 e. The molecule has 136 valence electrons. The number of hydrogen-bond donors (Lipinski definition) is 1. The van der Waals surface area contributed by atoms with Crippen molar-refractivity contribution in [3.63, 3.8) is 0 Å². The van der Waals surface area contributed by atoms with Gasteiger partial charge in [0.2, 0.25) is 5.91 Å². The van der Waals surface area contributed by atoms with E-state index < -0.39 is 0 Å². The van der Waals surface area contributed by atoms with Crippen LogP contribution in [0, 0.1) is 5.92 Å². The van der Waals surface area contributed by atoms with Gasteiger partial charge in [0.25, 0.3) is 0 Å². The van der Waals surface area contributed by atoms with Gasteiger partial charge in [-0.3, -0.25) is 4.79 Å². The van der Waals surface area contributed by atoms with Crippen LogP contribution < -0.4 is 10.2 Å². The van der Waals surface area contributed by atoms with Gasteiger partial charge in [0.1, 0.15) is 5.82 Å². The summed E-state index contributed by atoms with van der Waals surface area (Å²) in [5.74, 6) is 2.23. The lowest BCUT2D eigenvalue weighted by atomic mass is 10.1. The number of morpholine rings is 1. The number of amides is 1. The highest BCUT2D eigenvalue weighted by molar-refractivity contribution is 5.76. The van der Waals surface area contributed by atoms with E-state index in [0.29, 0.717) is 43.4 Å². The molecule has 8 heteroatoms.